The number of hydrogen-bond acceptors (Lipinski definition) is 3. The van der Waals surface area contributed by atoms with E-state index in [2.05, 4.69) is 34.2 Å². The minimum absolute atomic E-state index is 0.0843. The van der Waals surface area contributed by atoms with Crippen molar-refractivity contribution in [3.05, 3.63) is 58.0 Å². The summed E-state index contributed by atoms with van der Waals surface area (Å²) in [5.41, 5.74) is 2.13. The van der Waals surface area contributed by atoms with Crippen molar-refractivity contribution in [1.82, 2.24) is 5.32 Å². The Kier molecular flexibility index (Phi) is 5.19. The third kappa shape index (κ3) is 4.20. The molecule has 0 bridgehead atoms. The fraction of sp³-hybridized carbons (Fsp3) is 0.333. The van der Waals surface area contributed by atoms with Crippen LogP contribution < -0.4 is 5.32 Å². The molecule has 2 aromatic rings. The van der Waals surface area contributed by atoms with Gasteiger partial charge in [-0.3, -0.25) is 0 Å². The van der Waals surface area contributed by atoms with Crippen molar-refractivity contribution in [2.75, 3.05) is 6.54 Å². The van der Waals surface area contributed by atoms with E-state index in [0.717, 1.165) is 29.0 Å². The fourth-order valence-electron chi connectivity index (χ4n) is 1.98. The van der Waals surface area contributed by atoms with Crippen molar-refractivity contribution < 1.29 is 9.52 Å². The molecule has 1 aromatic carbocycles. The van der Waals surface area contributed by atoms with Gasteiger partial charge in [0.2, 0.25) is 0 Å². The maximum absolute atomic E-state index is 9.13. The predicted molar refractivity (Wildman–Crippen MR) is 78.9 cm³/mol. The Morgan fingerprint density at radius 1 is 1.32 bits per heavy atom. The Morgan fingerprint density at radius 3 is 2.84 bits per heavy atom. The topological polar surface area (TPSA) is 45.4 Å². The fourth-order valence-corrected chi connectivity index (χ4v) is 2.32. The van der Waals surface area contributed by atoms with Crippen LogP contribution in [-0.4, -0.2) is 11.7 Å². The molecule has 2 N–H and O–H groups in total. The highest BCUT2D eigenvalue weighted by atomic mass is 79.9. The SMILES string of the molecule is CC(NCCc1ccc(Br)o1)c1cccc(CO)c1. The number of aliphatic hydroxyl groups is 1. The number of aliphatic hydroxyl groups excluding tert-OH is 1. The average Bonchev–Trinajstić information content (AvgIpc) is 2.84. The summed E-state index contributed by atoms with van der Waals surface area (Å²) < 4.78 is 6.22. The molecule has 0 aliphatic rings. The van der Waals surface area contributed by atoms with E-state index < -0.39 is 0 Å². The zero-order chi connectivity index (χ0) is 13.7. The molecule has 0 spiro atoms. The first kappa shape index (κ1) is 14.3. The zero-order valence-corrected chi connectivity index (χ0v) is 12.5. The van der Waals surface area contributed by atoms with E-state index in [0.29, 0.717) is 0 Å². The van der Waals surface area contributed by atoms with Gasteiger partial charge in [0.15, 0.2) is 4.67 Å². The van der Waals surface area contributed by atoms with Gasteiger partial charge in [-0.1, -0.05) is 24.3 Å². The van der Waals surface area contributed by atoms with Gasteiger partial charge in [-0.15, -0.1) is 0 Å². The third-order valence-corrected chi connectivity index (χ3v) is 3.51. The van der Waals surface area contributed by atoms with Gasteiger partial charge in [0.05, 0.1) is 6.61 Å². The minimum atomic E-state index is 0.0843. The lowest BCUT2D eigenvalue weighted by atomic mass is 10.1. The lowest BCUT2D eigenvalue weighted by Crippen LogP contribution is -2.21. The Labute approximate surface area is 121 Å². The molecule has 1 aromatic heterocycles. The summed E-state index contributed by atoms with van der Waals surface area (Å²) in [4.78, 5) is 0. The summed E-state index contributed by atoms with van der Waals surface area (Å²) in [6.45, 7) is 3.06. The molecule has 1 heterocycles. The normalized spacial score (nSPS) is 12.6. The minimum Gasteiger partial charge on any atom is -0.454 e. The first-order valence-corrected chi connectivity index (χ1v) is 7.15. The number of hydrogen-bond donors (Lipinski definition) is 2. The molecule has 19 heavy (non-hydrogen) atoms. The molecule has 0 saturated carbocycles. The van der Waals surface area contributed by atoms with Crippen molar-refractivity contribution >= 4 is 15.9 Å². The summed E-state index contributed by atoms with van der Waals surface area (Å²) >= 11 is 3.29. The van der Waals surface area contributed by atoms with Crippen LogP contribution in [-0.2, 0) is 13.0 Å². The molecular formula is C15H18BrNO2. The number of halogens is 1. The Hall–Kier alpha value is -1.10. The molecule has 1 atom stereocenters. The summed E-state index contributed by atoms with van der Waals surface area (Å²) in [7, 11) is 0. The summed E-state index contributed by atoms with van der Waals surface area (Å²) in [6.07, 6.45) is 0.857. The van der Waals surface area contributed by atoms with Gasteiger partial charge in [-0.05, 0) is 46.1 Å². The molecular weight excluding hydrogens is 306 g/mol. The molecule has 0 aliphatic carbocycles. The van der Waals surface area contributed by atoms with Gasteiger partial charge >= 0.3 is 0 Å². The second-order valence-electron chi connectivity index (χ2n) is 4.53. The molecule has 0 radical (unpaired) electrons. The third-order valence-electron chi connectivity index (χ3n) is 3.08. The smallest absolute Gasteiger partial charge is 0.169 e. The highest BCUT2D eigenvalue weighted by Crippen LogP contribution is 2.16. The molecule has 102 valence electrons. The van der Waals surface area contributed by atoms with E-state index in [-0.39, 0.29) is 12.6 Å². The van der Waals surface area contributed by atoms with Gasteiger partial charge in [-0.2, -0.15) is 0 Å². The largest absolute Gasteiger partial charge is 0.454 e. The first-order valence-electron chi connectivity index (χ1n) is 6.36. The summed E-state index contributed by atoms with van der Waals surface area (Å²) in [5.74, 6) is 0.968. The molecule has 2 rings (SSSR count). The lowest BCUT2D eigenvalue weighted by molar-refractivity contribution is 0.281. The van der Waals surface area contributed by atoms with Gasteiger partial charge in [0, 0.05) is 19.0 Å². The van der Waals surface area contributed by atoms with Crippen LogP contribution in [0.2, 0.25) is 0 Å². The predicted octanol–water partition coefficient (Wildman–Crippen LogP) is 3.43. The van der Waals surface area contributed by atoms with Crippen LogP contribution in [0.5, 0.6) is 0 Å². The summed E-state index contributed by atoms with van der Waals surface area (Å²) in [5, 5.41) is 12.6. The summed E-state index contributed by atoms with van der Waals surface area (Å²) in [6, 6.07) is 12.1. The molecule has 0 aliphatic heterocycles. The van der Waals surface area contributed by atoms with Crippen molar-refractivity contribution in [3.63, 3.8) is 0 Å². The highest BCUT2D eigenvalue weighted by molar-refractivity contribution is 9.10. The van der Waals surface area contributed by atoms with E-state index in [1.807, 2.05) is 30.3 Å². The monoisotopic (exact) mass is 323 g/mol. The standard InChI is InChI=1S/C15H18BrNO2/c1-11(13-4-2-3-12(9-13)10-18)17-8-7-14-5-6-15(16)19-14/h2-6,9,11,17-18H,7-8,10H2,1H3. The Morgan fingerprint density at radius 2 is 2.16 bits per heavy atom. The van der Waals surface area contributed by atoms with E-state index in [1.165, 1.54) is 5.56 Å². The van der Waals surface area contributed by atoms with Crippen LogP contribution in [0.4, 0.5) is 0 Å². The maximum atomic E-state index is 9.13. The van der Waals surface area contributed by atoms with Crippen molar-refractivity contribution in [2.24, 2.45) is 0 Å². The number of nitrogens with one attached hydrogen (secondary N) is 1. The Bertz CT molecular complexity index is 524. The van der Waals surface area contributed by atoms with Crippen LogP contribution in [0.25, 0.3) is 0 Å². The van der Waals surface area contributed by atoms with Crippen LogP contribution in [0.3, 0.4) is 0 Å². The highest BCUT2D eigenvalue weighted by Gasteiger charge is 2.06. The molecule has 3 nitrogen and oxygen atoms in total. The van der Waals surface area contributed by atoms with Gasteiger partial charge < -0.3 is 14.8 Å². The molecule has 0 saturated heterocycles. The van der Waals surface area contributed by atoms with Crippen LogP contribution in [0.15, 0.2) is 45.5 Å². The molecule has 1 unspecified atom stereocenters. The molecule has 0 fully saturated rings. The maximum Gasteiger partial charge on any atom is 0.169 e. The van der Waals surface area contributed by atoms with Crippen LogP contribution in [0.1, 0.15) is 29.9 Å². The van der Waals surface area contributed by atoms with Crippen molar-refractivity contribution in [3.8, 4) is 0 Å². The van der Waals surface area contributed by atoms with Gasteiger partial charge in [0.1, 0.15) is 5.76 Å². The van der Waals surface area contributed by atoms with E-state index in [1.54, 1.807) is 0 Å². The number of benzene rings is 1. The quantitative estimate of drug-likeness (QED) is 0.856. The van der Waals surface area contributed by atoms with Gasteiger partial charge in [-0.25, -0.2) is 0 Å². The van der Waals surface area contributed by atoms with E-state index in [9.17, 15) is 0 Å². The molecule has 4 heteroatoms. The zero-order valence-electron chi connectivity index (χ0n) is 10.9. The van der Waals surface area contributed by atoms with Gasteiger partial charge in [0.25, 0.3) is 0 Å². The van der Waals surface area contributed by atoms with E-state index >= 15 is 0 Å². The number of rotatable bonds is 6. The van der Waals surface area contributed by atoms with E-state index in [4.69, 9.17) is 9.52 Å². The lowest BCUT2D eigenvalue weighted by Gasteiger charge is -2.14. The van der Waals surface area contributed by atoms with Crippen molar-refractivity contribution in [1.29, 1.82) is 0 Å². The molecule has 0 amide bonds. The average molecular weight is 324 g/mol. The number of furan rings is 1. The Balaban J connectivity index is 1.85. The second-order valence-corrected chi connectivity index (χ2v) is 5.32. The first-order chi connectivity index (χ1) is 9.19. The van der Waals surface area contributed by atoms with Crippen LogP contribution >= 0.6 is 15.9 Å². The second kappa shape index (κ2) is 6.89. The van der Waals surface area contributed by atoms with Crippen LogP contribution in [0, 0.1) is 0 Å². The van der Waals surface area contributed by atoms with Crippen molar-refractivity contribution in [2.45, 2.75) is 26.0 Å².